The van der Waals surface area contributed by atoms with Crippen LogP contribution in [0.15, 0.2) is 18.5 Å². The quantitative estimate of drug-likeness (QED) is 0.555. The van der Waals surface area contributed by atoms with Crippen molar-refractivity contribution < 1.29 is 9.78 Å². The highest BCUT2D eigenvalue weighted by molar-refractivity contribution is 5.88. The van der Waals surface area contributed by atoms with Crippen LogP contribution < -0.4 is 10.3 Å². The van der Waals surface area contributed by atoms with E-state index in [0.29, 0.717) is 5.82 Å². The molecule has 0 aliphatic carbocycles. The van der Waals surface area contributed by atoms with Gasteiger partial charge in [-0.3, -0.25) is 4.79 Å². The molecule has 52 valence electrons. The first-order valence-corrected chi connectivity index (χ1v) is 2.89. The minimum atomic E-state index is -0.208. The minimum Gasteiger partial charge on any atom is -0.348 e. The van der Waals surface area contributed by atoms with E-state index in [1.165, 1.54) is 0 Å². The van der Waals surface area contributed by atoms with E-state index in [-0.39, 0.29) is 5.91 Å². The van der Waals surface area contributed by atoms with Gasteiger partial charge in [-0.25, -0.2) is 4.98 Å². The van der Waals surface area contributed by atoms with E-state index in [1.54, 1.807) is 25.5 Å². The predicted molar refractivity (Wildman–Crippen MR) is 34.2 cm³/mol. The molecule has 1 heterocycles. The van der Waals surface area contributed by atoms with Gasteiger partial charge in [0.25, 0.3) is 0 Å². The van der Waals surface area contributed by atoms with Crippen LogP contribution in [0.4, 0.5) is 0 Å². The molecule has 0 aromatic carbocycles. The Kier molecular flexibility index (Phi) is 1.94. The summed E-state index contributed by atoms with van der Waals surface area (Å²) < 4.78 is 0. The number of aromatic nitrogens is 2. The lowest BCUT2D eigenvalue weighted by atomic mass is 10.5. The van der Waals surface area contributed by atoms with E-state index in [1.807, 2.05) is 0 Å². The molecule has 0 unspecified atom stereocenters. The molecular formula is C6H8N3O+. The largest absolute Gasteiger partial charge is 0.386 e. The number of aromatic amines is 1. The molecule has 0 spiro atoms. The van der Waals surface area contributed by atoms with Gasteiger partial charge in [0.1, 0.15) is 6.20 Å². The SMILES string of the molecule is CNC(=O)c1nccc[nH+]1. The zero-order chi connectivity index (χ0) is 7.40. The standard InChI is InChI=1S/C6H7N3O/c1-7-6(10)5-8-3-2-4-9-5/h2-4H,1H3,(H,7,10)/p+1. The molecule has 4 nitrogen and oxygen atoms in total. The number of nitrogens with zero attached hydrogens (tertiary/aromatic N) is 1. The van der Waals surface area contributed by atoms with Crippen molar-refractivity contribution in [3.63, 3.8) is 0 Å². The number of carbonyl (C=O) groups is 1. The first kappa shape index (κ1) is 6.67. The highest BCUT2D eigenvalue weighted by Gasteiger charge is 2.11. The third kappa shape index (κ3) is 1.28. The number of amides is 1. The summed E-state index contributed by atoms with van der Waals surface area (Å²) in [4.78, 5) is 17.3. The number of carbonyl (C=O) groups excluding carboxylic acids is 1. The van der Waals surface area contributed by atoms with Gasteiger partial charge < -0.3 is 5.32 Å². The van der Waals surface area contributed by atoms with Gasteiger partial charge in [-0.2, -0.15) is 0 Å². The Morgan fingerprint density at radius 3 is 3.10 bits per heavy atom. The van der Waals surface area contributed by atoms with Crippen molar-refractivity contribution in [2.45, 2.75) is 0 Å². The second kappa shape index (κ2) is 2.91. The maximum absolute atomic E-state index is 10.8. The molecular weight excluding hydrogens is 130 g/mol. The fourth-order valence-electron chi connectivity index (χ4n) is 0.567. The highest BCUT2D eigenvalue weighted by atomic mass is 16.2. The summed E-state index contributed by atoms with van der Waals surface area (Å²) in [6.45, 7) is 0. The van der Waals surface area contributed by atoms with E-state index in [2.05, 4.69) is 15.3 Å². The van der Waals surface area contributed by atoms with E-state index >= 15 is 0 Å². The average molecular weight is 138 g/mol. The van der Waals surface area contributed by atoms with Gasteiger partial charge in [0.05, 0.1) is 6.20 Å². The zero-order valence-corrected chi connectivity index (χ0v) is 5.59. The van der Waals surface area contributed by atoms with Gasteiger partial charge in [-0.15, -0.1) is 0 Å². The minimum absolute atomic E-state index is 0.208. The van der Waals surface area contributed by atoms with Crippen LogP contribution in [0.5, 0.6) is 0 Å². The van der Waals surface area contributed by atoms with E-state index in [9.17, 15) is 4.79 Å². The van der Waals surface area contributed by atoms with Crippen LogP contribution in [0, 0.1) is 0 Å². The molecule has 0 saturated heterocycles. The Morgan fingerprint density at radius 1 is 1.80 bits per heavy atom. The van der Waals surface area contributed by atoms with Gasteiger partial charge in [0, 0.05) is 13.1 Å². The molecule has 2 N–H and O–H groups in total. The number of hydrogen-bond acceptors (Lipinski definition) is 2. The molecule has 0 aliphatic rings. The molecule has 0 atom stereocenters. The Morgan fingerprint density at radius 2 is 2.60 bits per heavy atom. The van der Waals surface area contributed by atoms with Crippen molar-refractivity contribution in [3.8, 4) is 0 Å². The number of H-pyrrole nitrogens is 1. The lowest BCUT2D eigenvalue weighted by Crippen LogP contribution is -2.27. The van der Waals surface area contributed by atoms with Crippen molar-refractivity contribution in [2.24, 2.45) is 0 Å². The highest BCUT2D eigenvalue weighted by Crippen LogP contribution is 1.78. The summed E-state index contributed by atoms with van der Waals surface area (Å²) in [5.74, 6) is 0.116. The molecule has 0 aliphatic heterocycles. The van der Waals surface area contributed by atoms with Crippen LogP contribution in [0.2, 0.25) is 0 Å². The third-order valence-corrected chi connectivity index (χ3v) is 1.05. The Balaban J connectivity index is 2.85. The molecule has 0 saturated carbocycles. The molecule has 1 rings (SSSR count). The summed E-state index contributed by atoms with van der Waals surface area (Å²) in [6, 6.07) is 1.71. The van der Waals surface area contributed by atoms with Crippen LogP contribution in [0.3, 0.4) is 0 Å². The summed E-state index contributed by atoms with van der Waals surface area (Å²) in [6.07, 6.45) is 3.21. The molecule has 1 aromatic rings. The predicted octanol–water partition coefficient (Wildman–Crippen LogP) is -0.745. The molecule has 0 fully saturated rings. The topological polar surface area (TPSA) is 56.1 Å². The smallest absolute Gasteiger partial charge is 0.348 e. The number of rotatable bonds is 1. The third-order valence-electron chi connectivity index (χ3n) is 1.05. The van der Waals surface area contributed by atoms with Crippen molar-refractivity contribution in [1.29, 1.82) is 0 Å². The normalized spacial score (nSPS) is 8.90. The van der Waals surface area contributed by atoms with Gasteiger partial charge in [-0.1, -0.05) is 0 Å². The number of hydrogen-bond donors (Lipinski definition) is 1. The van der Waals surface area contributed by atoms with Gasteiger partial charge in [-0.05, 0) is 4.98 Å². The molecule has 1 amide bonds. The van der Waals surface area contributed by atoms with Crippen LogP contribution in [-0.2, 0) is 0 Å². The number of nitrogens with one attached hydrogen (secondary N) is 2. The molecule has 0 bridgehead atoms. The van der Waals surface area contributed by atoms with Crippen molar-refractivity contribution in [2.75, 3.05) is 7.05 Å². The Hall–Kier alpha value is -1.45. The van der Waals surface area contributed by atoms with E-state index in [0.717, 1.165) is 0 Å². The Bertz CT molecular complexity index is 222. The molecule has 1 aromatic heterocycles. The van der Waals surface area contributed by atoms with Crippen molar-refractivity contribution in [1.82, 2.24) is 10.3 Å². The monoisotopic (exact) mass is 138 g/mol. The fourth-order valence-corrected chi connectivity index (χ4v) is 0.567. The summed E-state index contributed by atoms with van der Waals surface area (Å²) in [5.41, 5.74) is 0. The maximum atomic E-state index is 10.8. The Labute approximate surface area is 58.3 Å². The maximum Gasteiger partial charge on any atom is 0.386 e. The van der Waals surface area contributed by atoms with E-state index in [4.69, 9.17) is 0 Å². The van der Waals surface area contributed by atoms with Crippen molar-refractivity contribution in [3.05, 3.63) is 24.3 Å². The van der Waals surface area contributed by atoms with Crippen LogP contribution in [0.1, 0.15) is 10.6 Å². The second-order valence-corrected chi connectivity index (χ2v) is 1.71. The lowest BCUT2D eigenvalue weighted by Gasteiger charge is -1.87. The fraction of sp³-hybridized carbons (Fsp3) is 0.167. The van der Waals surface area contributed by atoms with Crippen LogP contribution >= 0.6 is 0 Å². The first-order chi connectivity index (χ1) is 4.84. The van der Waals surface area contributed by atoms with E-state index < -0.39 is 0 Å². The molecule has 10 heavy (non-hydrogen) atoms. The lowest BCUT2D eigenvalue weighted by molar-refractivity contribution is -0.387. The summed E-state index contributed by atoms with van der Waals surface area (Å²) in [5, 5.41) is 2.45. The average Bonchev–Trinajstić information content (AvgIpc) is 2.05. The molecule has 0 radical (unpaired) electrons. The summed E-state index contributed by atoms with van der Waals surface area (Å²) >= 11 is 0. The van der Waals surface area contributed by atoms with Crippen LogP contribution in [0.25, 0.3) is 0 Å². The summed E-state index contributed by atoms with van der Waals surface area (Å²) in [7, 11) is 1.56. The second-order valence-electron chi connectivity index (χ2n) is 1.71. The van der Waals surface area contributed by atoms with Gasteiger partial charge in [0.2, 0.25) is 0 Å². The molecule has 4 heteroatoms. The van der Waals surface area contributed by atoms with Gasteiger partial charge >= 0.3 is 11.7 Å². The first-order valence-electron chi connectivity index (χ1n) is 2.89. The van der Waals surface area contributed by atoms with Crippen LogP contribution in [-0.4, -0.2) is 17.9 Å². The van der Waals surface area contributed by atoms with Gasteiger partial charge in [0.15, 0.2) is 0 Å². The van der Waals surface area contributed by atoms with Crippen molar-refractivity contribution >= 4 is 5.91 Å². The zero-order valence-electron chi connectivity index (χ0n) is 5.59.